The summed E-state index contributed by atoms with van der Waals surface area (Å²) in [6.45, 7) is 10.6. The molecule has 2 unspecified atom stereocenters. The normalized spacial score (nSPS) is 21.6. The van der Waals surface area contributed by atoms with E-state index in [1.54, 1.807) is 0 Å². The van der Waals surface area contributed by atoms with E-state index >= 15 is 0 Å². The van der Waals surface area contributed by atoms with E-state index in [0.29, 0.717) is 12.0 Å². The summed E-state index contributed by atoms with van der Waals surface area (Å²) in [6.07, 6.45) is 1.07. The highest BCUT2D eigenvalue weighted by atomic mass is 16.2. The van der Waals surface area contributed by atoms with Crippen LogP contribution in [-0.2, 0) is 4.79 Å². The lowest BCUT2D eigenvalue weighted by molar-refractivity contribution is -0.118. The van der Waals surface area contributed by atoms with Gasteiger partial charge in [0.25, 0.3) is 0 Å². The Morgan fingerprint density at radius 1 is 1.38 bits per heavy atom. The fourth-order valence-electron chi connectivity index (χ4n) is 2.99. The van der Waals surface area contributed by atoms with Crippen molar-refractivity contribution < 1.29 is 4.79 Å². The fraction of sp³-hybridized carbons (Fsp3) is 0.588. The van der Waals surface area contributed by atoms with Crippen molar-refractivity contribution in [3.63, 3.8) is 0 Å². The number of carbonyl (C=O) groups excluding carboxylic acids is 1. The molecular formula is C17H27N3O. The van der Waals surface area contributed by atoms with E-state index in [0.717, 1.165) is 25.2 Å². The fourth-order valence-corrected chi connectivity index (χ4v) is 2.99. The number of carbonyl (C=O) groups is 1. The van der Waals surface area contributed by atoms with Crippen molar-refractivity contribution in [3.8, 4) is 0 Å². The van der Waals surface area contributed by atoms with E-state index in [9.17, 15) is 4.79 Å². The molecule has 1 saturated heterocycles. The third-order valence-corrected chi connectivity index (χ3v) is 4.25. The molecule has 1 aromatic carbocycles. The lowest BCUT2D eigenvalue weighted by atomic mass is 10.0. The minimum absolute atomic E-state index is 0.0625. The molecule has 0 saturated carbocycles. The van der Waals surface area contributed by atoms with Crippen molar-refractivity contribution in [3.05, 3.63) is 24.3 Å². The van der Waals surface area contributed by atoms with Crippen LogP contribution in [0.2, 0.25) is 0 Å². The van der Waals surface area contributed by atoms with Gasteiger partial charge in [0.15, 0.2) is 0 Å². The number of amides is 1. The number of nitrogens with one attached hydrogen (secondary N) is 2. The van der Waals surface area contributed by atoms with Gasteiger partial charge in [0.1, 0.15) is 0 Å². The number of anilines is 2. The highest BCUT2D eigenvalue weighted by molar-refractivity contribution is 5.95. The number of hydrogen-bond acceptors (Lipinski definition) is 3. The zero-order valence-electron chi connectivity index (χ0n) is 13.5. The molecule has 1 aliphatic heterocycles. The second-order valence-corrected chi connectivity index (χ2v) is 6.11. The Kier molecular flexibility index (Phi) is 5.23. The molecule has 0 bridgehead atoms. The Morgan fingerprint density at radius 2 is 2.05 bits per heavy atom. The summed E-state index contributed by atoms with van der Waals surface area (Å²) in [4.78, 5) is 14.5. The third kappa shape index (κ3) is 3.76. The molecule has 1 amide bonds. The lowest BCUT2D eigenvalue weighted by Crippen LogP contribution is -2.39. The van der Waals surface area contributed by atoms with Gasteiger partial charge >= 0.3 is 0 Å². The first-order chi connectivity index (χ1) is 10.0. The largest absolute Gasteiger partial charge is 0.369 e. The summed E-state index contributed by atoms with van der Waals surface area (Å²) in [5.74, 6) is 0.477. The summed E-state index contributed by atoms with van der Waals surface area (Å²) in [7, 11) is 0. The summed E-state index contributed by atoms with van der Waals surface area (Å²) in [5, 5.41) is 6.27. The number of benzene rings is 1. The summed E-state index contributed by atoms with van der Waals surface area (Å²) >= 11 is 0. The zero-order chi connectivity index (χ0) is 15.4. The maximum atomic E-state index is 12.2. The van der Waals surface area contributed by atoms with Gasteiger partial charge in [-0.25, -0.2) is 0 Å². The number of hydrogen-bond donors (Lipinski definition) is 2. The summed E-state index contributed by atoms with van der Waals surface area (Å²) in [5.41, 5.74) is 2.06. The second-order valence-electron chi connectivity index (χ2n) is 6.11. The molecule has 0 spiro atoms. The van der Waals surface area contributed by atoms with Crippen LogP contribution in [0.15, 0.2) is 24.3 Å². The highest BCUT2D eigenvalue weighted by Gasteiger charge is 2.29. The van der Waals surface area contributed by atoms with Crippen LogP contribution in [0.25, 0.3) is 0 Å². The molecule has 21 heavy (non-hydrogen) atoms. The zero-order valence-corrected chi connectivity index (χ0v) is 13.5. The first-order valence-electron chi connectivity index (χ1n) is 7.94. The van der Waals surface area contributed by atoms with Crippen molar-refractivity contribution in [1.82, 2.24) is 5.32 Å². The van der Waals surface area contributed by atoms with E-state index in [4.69, 9.17) is 0 Å². The molecule has 0 aliphatic carbocycles. The molecule has 2 rings (SSSR count). The van der Waals surface area contributed by atoms with Gasteiger partial charge in [-0.15, -0.1) is 0 Å². The van der Waals surface area contributed by atoms with Crippen LogP contribution in [0.3, 0.4) is 0 Å². The average molecular weight is 289 g/mol. The quantitative estimate of drug-likeness (QED) is 0.876. The van der Waals surface area contributed by atoms with Gasteiger partial charge in [0, 0.05) is 24.0 Å². The molecule has 116 valence electrons. The van der Waals surface area contributed by atoms with Crippen LogP contribution in [0, 0.1) is 5.92 Å². The Labute approximate surface area is 127 Å². The third-order valence-electron chi connectivity index (χ3n) is 4.25. The van der Waals surface area contributed by atoms with E-state index in [2.05, 4.69) is 55.4 Å². The smallest absolute Gasteiger partial charge is 0.241 e. The molecule has 0 radical (unpaired) electrons. The maximum Gasteiger partial charge on any atom is 0.241 e. The molecule has 1 fully saturated rings. The van der Waals surface area contributed by atoms with Gasteiger partial charge in [-0.2, -0.15) is 0 Å². The molecular weight excluding hydrogens is 262 g/mol. The summed E-state index contributed by atoms with van der Waals surface area (Å²) in [6, 6.07) is 8.52. The molecule has 1 aliphatic rings. The maximum absolute atomic E-state index is 12.2. The van der Waals surface area contributed by atoms with Gasteiger partial charge in [-0.05, 0) is 63.9 Å². The molecule has 0 aromatic heterocycles. The Hall–Kier alpha value is -1.55. The second kappa shape index (κ2) is 6.94. The van der Waals surface area contributed by atoms with Crippen LogP contribution in [-0.4, -0.2) is 31.1 Å². The van der Waals surface area contributed by atoms with Crippen LogP contribution < -0.4 is 15.5 Å². The Morgan fingerprint density at radius 3 is 2.52 bits per heavy atom. The molecule has 2 atom stereocenters. The van der Waals surface area contributed by atoms with Gasteiger partial charge in [0.05, 0.1) is 6.04 Å². The average Bonchev–Trinajstić information content (AvgIpc) is 2.87. The number of rotatable bonds is 5. The minimum Gasteiger partial charge on any atom is -0.369 e. The number of nitrogens with zero attached hydrogens (tertiary/aromatic N) is 1. The first-order valence-corrected chi connectivity index (χ1v) is 7.94. The van der Waals surface area contributed by atoms with Crippen LogP contribution in [0.1, 0.15) is 34.1 Å². The van der Waals surface area contributed by atoms with Gasteiger partial charge < -0.3 is 15.5 Å². The van der Waals surface area contributed by atoms with Crippen molar-refractivity contribution in [2.24, 2.45) is 5.92 Å². The van der Waals surface area contributed by atoms with Crippen molar-refractivity contribution in [2.45, 2.75) is 46.2 Å². The van der Waals surface area contributed by atoms with Crippen molar-refractivity contribution in [2.75, 3.05) is 23.3 Å². The van der Waals surface area contributed by atoms with Crippen LogP contribution in [0.4, 0.5) is 11.4 Å². The summed E-state index contributed by atoms with van der Waals surface area (Å²) < 4.78 is 0. The highest BCUT2D eigenvalue weighted by Crippen LogP contribution is 2.21. The van der Waals surface area contributed by atoms with Crippen LogP contribution >= 0.6 is 0 Å². The standard InChI is InChI=1S/C17H27N3O/c1-5-20(12(2)3)15-8-6-14(7-9-15)19-17(21)16-13(4)10-11-18-16/h6-9,12-13,16,18H,5,10-11H2,1-4H3,(H,19,21). The molecule has 1 aromatic rings. The van der Waals surface area contributed by atoms with Gasteiger partial charge in [-0.3, -0.25) is 4.79 Å². The molecule has 1 heterocycles. The Bertz CT molecular complexity index is 469. The minimum atomic E-state index is -0.0625. The lowest BCUT2D eigenvalue weighted by Gasteiger charge is -2.27. The van der Waals surface area contributed by atoms with E-state index in [1.165, 1.54) is 5.69 Å². The van der Waals surface area contributed by atoms with Crippen molar-refractivity contribution >= 4 is 17.3 Å². The topological polar surface area (TPSA) is 44.4 Å². The van der Waals surface area contributed by atoms with Gasteiger partial charge in [-0.1, -0.05) is 6.92 Å². The van der Waals surface area contributed by atoms with E-state index in [-0.39, 0.29) is 11.9 Å². The SMILES string of the molecule is CCN(c1ccc(NC(=O)C2NCCC2C)cc1)C(C)C. The van der Waals surface area contributed by atoms with Crippen molar-refractivity contribution in [1.29, 1.82) is 0 Å². The molecule has 4 nitrogen and oxygen atoms in total. The molecule has 4 heteroatoms. The predicted octanol–water partition coefficient (Wildman–Crippen LogP) is 2.86. The van der Waals surface area contributed by atoms with E-state index in [1.807, 2.05) is 12.1 Å². The van der Waals surface area contributed by atoms with Crippen LogP contribution in [0.5, 0.6) is 0 Å². The molecule has 2 N–H and O–H groups in total. The first kappa shape index (κ1) is 15.8. The Balaban J connectivity index is 2.00. The van der Waals surface area contributed by atoms with Gasteiger partial charge in [0.2, 0.25) is 5.91 Å². The van der Waals surface area contributed by atoms with E-state index < -0.39 is 0 Å². The predicted molar refractivity (Wildman–Crippen MR) is 88.8 cm³/mol. The monoisotopic (exact) mass is 289 g/mol.